The maximum absolute atomic E-state index is 11.1. The van der Waals surface area contributed by atoms with Gasteiger partial charge in [-0.05, 0) is 17.7 Å². The van der Waals surface area contributed by atoms with Gasteiger partial charge in [-0.1, -0.05) is 13.0 Å². The maximum Gasteiger partial charge on any atom is 0.345 e. The molecule has 0 saturated carbocycles. The van der Waals surface area contributed by atoms with Crippen LogP contribution in [0.2, 0.25) is 0 Å². The molecule has 18 heavy (non-hydrogen) atoms. The smallest absolute Gasteiger partial charge is 0.345 e. The Kier molecular flexibility index (Phi) is 4.53. The molecule has 0 amide bonds. The third-order valence-corrected chi connectivity index (χ3v) is 2.30. The van der Waals surface area contributed by atoms with E-state index in [2.05, 4.69) is 0 Å². The van der Waals surface area contributed by atoms with Gasteiger partial charge in [-0.25, -0.2) is 4.79 Å². The number of carbonyl (C=O) groups excluding carboxylic acids is 1. The number of carboxylic acids is 1. The minimum Gasteiger partial charge on any atom is -0.504 e. The molecule has 0 heterocycles. The molecule has 1 rings (SSSR count). The average Bonchev–Trinajstić information content (AvgIpc) is 2.32. The molecule has 0 aliphatic carbocycles. The van der Waals surface area contributed by atoms with Crippen molar-refractivity contribution in [1.82, 2.24) is 0 Å². The van der Waals surface area contributed by atoms with Gasteiger partial charge in [0, 0.05) is 12.8 Å². The van der Waals surface area contributed by atoms with Gasteiger partial charge in [0.1, 0.15) is 0 Å². The Morgan fingerprint density at radius 3 is 2.44 bits per heavy atom. The number of rotatable bonds is 5. The summed E-state index contributed by atoms with van der Waals surface area (Å²) in [5, 5.41) is 27.3. The number of aliphatic carboxylic acids is 1. The van der Waals surface area contributed by atoms with Gasteiger partial charge in [0.05, 0.1) is 0 Å². The van der Waals surface area contributed by atoms with Gasteiger partial charge >= 0.3 is 11.9 Å². The van der Waals surface area contributed by atoms with E-state index in [1.54, 1.807) is 6.92 Å². The normalized spacial score (nSPS) is 11.8. The molecule has 6 nitrogen and oxygen atoms in total. The van der Waals surface area contributed by atoms with E-state index in [9.17, 15) is 14.7 Å². The molecule has 0 fully saturated rings. The number of carboxylic acid groups (broad SMARTS) is 1. The number of benzene rings is 1. The van der Waals surface area contributed by atoms with Crippen LogP contribution in [0.15, 0.2) is 18.2 Å². The lowest BCUT2D eigenvalue weighted by Crippen LogP contribution is -2.28. The molecule has 3 N–H and O–H groups in total. The van der Waals surface area contributed by atoms with Gasteiger partial charge < -0.3 is 20.1 Å². The summed E-state index contributed by atoms with van der Waals surface area (Å²) in [6, 6.07) is 3.92. The maximum atomic E-state index is 11.1. The molecule has 98 valence electrons. The molecular weight excluding hydrogens is 240 g/mol. The summed E-state index contributed by atoms with van der Waals surface area (Å²) in [4.78, 5) is 22.0. The Hall–Kier alpha value is -2.24. The van der Waals surface area contributed by atoms with Gasteiger partial charge in [-0.2, -0.15) is 0 Å². The second-order valence-electron chi connectivity index (χ2n) is 3.70. The second-order valence-corrected chi connectivity index (χ2v) is 3.70. The number of hydrogen-bond acceptors (Lipinski definition) is 5. The summed E-state index contributed by atoms with van der Waals surface area (Å²) < 4.78 is 4.75. The van der Waals surface area contributed by atoms with Gasteiger partial charge in [0.25, 0.3) is 0 Å². The first-order chi connectivity index (χ1) is 8.43. The predicted molar refractivity (Wildman–Crippen MR) is 61.3 cm³/mol. The molecule has 0 spiro atoms. The average molecular weight is 254 g/mol. The molecular formula is C12H14O6. The number of esters is 1. The van der Waals surface area contributed by atoms with Crippen LogP contribution in [-0.2, 0) is 20.7 Å². The Labute approximate surface area is 103 Å². The van der Waals surface area contributed by atoms with Crippen molar-refractivity contribution in [2.75, 3.05) is 0 Å². The van der Waals surface area contributed by atoms with Crippen molar-refractivity contribution in [2.45, 2.75) is 25.9 Å². The van der Waals surface area contributed by atoms with Crippen molar-refractivity contribution in [3.63, 3.8) is 0 Å². The minimum atomic E-state index is -1.30. The lowest BCUT2D eigenvalue weighted by molar-refractivity contribution is -0.163. The highest BCUT2D eigenvalue weighted by molar-refractivity contribution is 5.78. The summed E-state index contributed by atoms with van der Waals surface area (Å²) in [7, 11) is 0. The summed E-state index contributed by atoms with van der Waals surface area (Å²) in [6.07, 6.45) is -1.29. The van der Waals surface area contributed by atoms with E-state index in [-0.39, 0.29) is 24.3 Å². The Morgan fingerprint density at radius 2 is 1.94 bits per heavy atom. The number of ether oxygens (including phenoxy) is 1. The highest BCUT2D eigenvalue weighted by Crippen LogP contribution is 2.25. The van der Waals surface area contributed by atoms with Crippen molar-refractivity contribution < 1.29 is 29.6 Å². The Bertz CT molecular complexity index is 454. The van der Waals surface area contributed by atoms with E-state index in [1.807, 2.05) is 0 Å². The van der Waals surface area contributed by atoms with Crippen LogP contribution in [0.3, 0.4) is 0 Å². The first-order valence-electron chi connectivity index (χ1n) is 5.37. The summed E-state index contributed by atoms with van der Waals surface area (Å²) in [6.45, 7) is 1.56. The SMILES string of the molecule is CCC(=O)OC(Cc1ccc(O)c(O)c1)C(=O)O. The Morgan fingerprint density at radius 1 is 1.28 bits per heavy atom. The van der Waals surface area contributed by atoms with Crippen molar-refractivity contribution >= 4 is 11.9 Å². The highest BCUT2D eigenvalue weighted by atomic mass is 16.6. The van der Waals surface area contributed by atoms with Gasteiger partial charge in [0.15, 0.2) is 11.5 Å². The predicted octanol–water partition coefficient (Wildman–Crippen LogP) is 1.05. The molecule has 1 aromatic carbocycles. The van der Waals surface area contributed by atoms with Crippen LogP contribution in [-0.4, -0.2) is 33.4 Å². The molecule has 1 atom stereocenters. The standard InChI is InChI=1S/C12H14O6/c1-2-11(15)18-10(12(16)17)6-7-3-4-8(13)9(14)5-7/h3-5,10,13-14H,2,6H2,1H3,(H,16,17). The minimum absolute atomic E-state index is 0.0745. The van der Waals surface area contributed by atoms with Crippen molar-refractivity contribution in [3.8, 4) is 11.5 Å². The monoisotopic (exact) mass is 254 g/mol. The van der Waals surface area contributed by atoms with Crippen LogP contribution in [0.1, 0.15) is 18.9 Å². The number of carbonyl (C=O) groups is 2. The lowest BCUT2D eigenvalue weighted by atomic mass is 10.1. The number of hydrogen-bond donors (Lipinski definition) is 3. The van der Waals surface area contributed by atoms with Crippen molar-refractivity contribution in [1.29, 1.82) is 0 Å². The second kappa shape index (κ2) is 5.90. The van der Waals surface area contributed by atoms with E-state index in [4.69, 9.17) is 14.9 Å². The first-order valence-corrected chi connectivity index (χ1v) is 5.37. The van der Waals surface area contributed by atoms with E-state index in [0.29, 0.717) is 5.56 Å². The van der Waals surface area contributed by atoms with Crippen LogP contribution >= 0.6 is 0 Å². The quantitative estimate of drug-likeness (QED) is 0.536. The number of phenols is 2. The van der Waals surface area contributed by atoms with Crippen molar-refractivity contribution in [2.24, 2.45) is 0 Å². The number of phenolic OH excluding ortho intramolecular Hbond substituents is 2. The van der Waals surface area contributed by atoms with Gasteiger partial charge in [0.2, 0.25) is 6.10 Å². The van der Waals surface area contributed by atoms with E-state index < -0.39 is 18.0 Å². The zero-order valence-electron chi connectivity index (χ0n) is 9.79. The molecule has 1 aromatic rings. The van der Waals surface area contributed by atoms with Crippen molar-refractivity contribution in [3.05, 3.63) is 23.8 Å². The van der Waals surface area contributed by atoms with Crippen LogP contribution in [0.5, 0.6) is 11.5 Å². The van der Waals surface area contributed by atoms with E-state index in [1.165, 1.54) is 18.2 Å². The third-order valence-electron chi connectivity index (χ3n) is 2.30. The first kappa shape index (κ1) is 13.8. The zero-order valence-corrected chi connectivity index (χ0v) is 9.79. The van der Waals surface area contributed by atoms with Crippen LogP contribution < -0.4 is 0 Å². The molecule has 0 aliphatic rings. The van der Waals surface area contributed by atoms with Crippen LogP contribution in [0.4, 0.5) is 0 Å². The molecule has 6 heteroatoms. The molecule has 0 aliphatic heterocycles. The fourth-order valence-corrected chi connectivity index (χ4v) is 1.33. The van der Waals surface area contributed by atoms with Gasteiger partial charge in [-0.15, -0.1) is 0 Å². The zero-order chi connectivity index (χ0) is 13.7. The lowest BCUT2D eigenvalue weighted by Gasteiger charge is -2.13. The number of aromatic hydroxyl groups is 2. The Balaban J connectivity index is 2.80. The molecule has 0 saturated heterocycles. The molecule has 0 bridgehead atoms. The van der Waals surface area contributed by atoms with Gasteiger partial charge in [-0.3, -0.25) is 4.79 Å². The topological polar surface area (TPSA) is 104 Å². The third kappa shape index (κ3) is 3.65. The molecule has 0 radical (unpaired) electrons. The largest absolute Gasteiger partial charge is 0.504 e. The fourth-order valence-electron chi connectivity index (χ4n) is 1.33. The van der Waals surface area contributed by atoms with Crippen LogP contribution in [0.25, 0.3) is 0 Å². The highest BCUT2D eigenvalue weighted by Gasteiger charge is 2.22. The molecule has 0 aromatic heterocycles. The summed E-state index contributed by atoms with van der Waals surface area (Å²) in [5.74, 6) is -2.51. The van der Waals surface area contributed by atoms with E-state index >= 15 is 0 Å². The fraction of sp³-hybridized carbons (Fsp3) is 0.333. The van der Waals surface area contributed by atoms with Crippen LogP contribution in [0, 0.1) is 0 Å². The van der Waals surface area contributed by atoms with E-state index in [0.717, 1.165) is 0 Å². The summed E-state index contributed by atoms with van der Waals surface area (Å²) >= 11 is 0. The summed E-state index contributed by atoms with van der Waals surface area (Å²) in [5.41, 5.74) is 0.446. The molecule has 1 unspecified atom stereocenters.